The van der Waals surface area contributed by atoms with Crippen molar-refractivity contribution in [2.45, 2.75) is 0 Å². The van der Waals surface area contributed by atoms with Crippen LogP contribution in [0.1, 0.15) is 5.56 Å². The summed E-state index contributed by atoms with van der Waals surface area (Å²) in [5.41, 5.74) is 1.30. The van der Waals surface area contributed by atoms with Crippen LogP contribution >= 0.6 is 15.9 Å². The monoisotopic (exact) mass is 333 g/mol. The van der Waals surface area contributed by atoms with Crippen LogP contribution in [0.3, 0.4) is 0 Å². The summed E-state index contributed by atoms with van der Waals surface area (Å²) in [5, 5.41) is 21.2. The molecule has 0 aliphatic rings. The molecule has 0 bridgehead atoms. The number of carbonyl (C=O) groups is 1. The Morgan fingerprint density at radius 1 is 1.10 bits per heavy atom. The predicted octanol–water partition coefficient (Wildman–Crippen LogP) is 3.51. The standard InChI is InChI=1S/C15H12BrNO3/c16-11-2-1-3-12(9-11)17-15(20)7-5-10-4-6-13(18)14(19)8-10/h1-9,18-19H,(H,17,20)/b7-5+. The first-order valence-corrected chi connectivity index (χ1v) is 6.60. The summed E-state index contributed by atoms with van der Waals surface area (Å²) in [5.74, 6) is -0.698. The first kappa shape index (κ1) is 14.1. The Morgan fingerprint density at radius 3 is 2.60 bits per heavy atom. The SMILES string of the molecule is O=C(/C=C/c1ccc(O)c(O)c1)Nc1cccc(Br)c1. The van der Waals surface area contributed by atoms with Crippen LogP contribution in [-0.2, 0) is 4.79 Å². The van der Waals surface area contributed by atoms with Gasteiger partial charge in [0.2, 0.25) is 5.91 Å². The second-order valence-electron chi connectivity index (χ2n) is 4.08. The Balaban J connectivity index is 2.03. The first-order valence-electron chi connectivity index (χ1n) is 5.81. The number of anilines is 1. The van der Waals surface area contributed by atoms with Crippen molar-refractivity contribution in [2.75, 3.05) is 5.32 Å². The third kappa shape index (κ3) is 3.86. The molecule has 1 amide bonds. The summed E-state index contributed by atoms with van der Waals surface area (Å²) in [7, 11) is 0. The van der Waals surface area contributed by atoms with Gasteiger partial charge in [-0.2, -0.15) is 0 Å². The Hall–Kier alpha value is -2.27. The molecule has 0 aliphatic heterocycles. The molecule has 0 atom stereocenters. The van der Waals surface area contributed by atoms with E-state index >= 15 is 0 Å². The van der Waals surface area contributed by atoms with Gasteiger partial charge in [0, 0.05) is 16.2 Å². The summed E-state index contributed by atoms with van der Waals surface area (Å²) < 4.78 is 0.878. The van der Waals surface area contributed by atoms with E-state index in [1.54, 1.807) is 24.3 Å². The van der Waals surface area contributed by atoms with Crippen LogP contribution in [0, 0.1) is 0 Å². The van der Waals surface area contributed by atoms with Crippen LogP contribution in [-0.4, -0.2) is 16.1 Å². The Kier molecular flexibility index (Phi) is 4.42. The average Bonchev–Trinajstić information content (AvgIpc) is 2.40. The predicted molar refractivity (Wildman–Crippen MR) is 81.6 cm³/mol. The van der Waals surface area contributed by atoms with Crippen molar-refractivity contribution < 1.29 is 15.0 Å². The number of amides is 1. The highest BCUT2D eigenvalue weighted by Crippen LogP contribution is 2.25. The van der Waals surface area contributed by atoms with Gasteiger partial charge in [-0.3, -0.25) is 4.79 Å². The van der Waals surface area contributed by atoms with E-state index in [9.17, 15) is 15.0 Å². The third-order valence-corrected chi connectivity index (χ3v) is 3.01. The molecule has 0 aromatic heterocycles. The quantitative estimate of drug-likeness (QED) is 0.594. The Morgan fingerprint density at radius 2 is 1.90 bits per heavy atom. The normalized spacial score (nSPS) is 10.7. The van der Waals surface area contributed by atoms with E-state index < -0.39 is 0 Å². The number of aromatic hydroxyl groups is 2. The molecule has 4 nitrogen and oxygen atoms in total. The molecule has 2 rings (SSSR count). The number of nitrogens with one attached hydrogen (secondary N) is 1. The minimum absolute atomic E-state index is 0.194. The molecular weight excluding hydrogens is 322 g/mol. The van der Waals surface area contributed by atoms with Crippen LogP contribution in [0.4, 0.5) is 5.69 Å². The largest absolute Gasteiger partial charge is 0.504 e. The van der Waals surface area contributed by atoms with Crippen LogP contribution in [0.5, 0.6) is 11.5 Å². The zero-order valence-corrected chi connectivity index (χ0v) is 12.0. The lowest BCUT2D eigenvalue weighted by molar-refractivity contribution is -0.111. The maximum absolute atomic E-state index is 11.7. The van der Waals surface area contributed by atoms with Gasteiger partial charge in [-0.1, -0.05) is 28.1 Å². The molecule has 0 radical (unpaired) electrons. The molecule has 0 saturated carbocycles. The molecule has 20 heavy (non-hydrogen) atoms. The number of rotatable bonds is 3. The molecule has 0 aliphatic carbocycles. The molecule has 0 fully saturated rings. The third-order valence-electron chi connectivity index (χ3n) is 2.52. The van der Waals surface area contributed by atoms with Crippen molar-refractivity contribution in [2.24, 2.45) is 0 Å². The number of halogens is 1. The van der Waals surface area contributed by atoms with Gasteiger partial charge in [-0.25, -0.2) is 0 Å². The molecule has 2 aromatic rings. The first-order chi connectivity index (χ1) is 9.54. The van der Waals surface area contributed by atoms with Gasteiger partial charge in [0.25, 0.3) is 0 Å². The van der Waals surface area contributed by atoms with Crippen molar-refractivity contribution >= 4 is 33.6 Å². The number of phenolic OH excluding ortho intramolecular Hbond substituents is 2. The van der Waals surface area contributed by atoms with Crippen LogP contribution in [0.2, 0.25) is 0 Å². The number of phenols is 2. The van der Waals surface area contributed by atoms with E-state index in [0.29, 0.717) is 11.3 Å². The van der Waals surface area contributed by atoms with Crippen LogP contribution in [0.25, 0.3) is 6.08 Å². The van der Waals surface area contributed by atoms with Crippen molar-refractivity contribution in [1.29, 1.82) is 0 Å². The van der Waals surface area contributed by atoms with Gasteiger partial charge < -0.3 is 15.5 Å². The van der Waals surface area contributed by atoms with Gasteiger partial charge in [-0.05, 0) is 42.0 Å². The van der Waals surface area contributed by atoms with E-state index in [2.05, 4.69) is 21.2 Å². The molecular formula is C15H12BrNO3. The highest BCUT2D eigenvalue weighted by molar-refractivity contribution is 9.10. The van der Waals surface area contributed by atoms with Crippen molar-refractivity contribution in [3.8, 4) is 11.5 Å². The topological polar surface area (TPSA) is 69.6 Å². The van der Waals surface area contributed by atoms with Crippen LogP contribution in [0.15, 0.2) is 53.0 Å². The molecule has 0 spiro atoms. The minimum Gasteiger partial charge on any atom is -0.504 e. The van der Waals surface area contributed by atoms with Gasteiger partial charge in [0.05, 0.1) is 0 Å². The molecule has 0 unspecified atom stereocenters. The molecule has 0 heterocycles. The van der Waals surface area contributed by atoms with E-state index in [1.165, 1.54) is 18.2 Å². The second-order valence-corrected chi connectivity index (χ2v) is 5.00. The van der Waals surface area contributed by atoms with Crippen molar-refractivity contribution in [3.05, 3.63) is 58.6 Å². The van der Waals surface area contributed by atoms with E-state index in [4.69, 9.17) is 0 Å². The summed E-state index contributed by atoms with van der Waals surface area (Å²) in [6, 6.07) is 11.6. The van der Waals surface area contributed by atoms with Crippen molar-refractivity contribution in [3.63, 3.8) is 0 Å². The van der Waals surface area contributed by atoms with E-state index in [0.717, 1.165) is 4.47 Å². The number of carbonyl (C=O) groups excluding carboxylic acids is 1. The van der Waals surface area contributed by atoms with Crippen molar-refractivity contribution in [1.82, 2.24) is 0 Å². The molecule has 5 heteroatoms. The number of hydrogen-bond acceptors (Lipinski definition) is 3. The second kappa shape index (κ2) is 6.25. The number of benzene rings is 2. The Bertz CT molecular complexity index is 668. The fraction of sp³-hybridized carbons (Fsp3) is 0. The maximum Gasteiger partial charge on any atom is 0.248 e. The highest BCUT2D eigenvalue weighted by Gasteiger charge is 2.00. The van der Waals surface area contributed by atoms with E-state index in [1.807, 2.05) is 12.1 Å². The Labute approximate surface area is 124 Å². The fourth-order valence-electron chi connectivity index (χ4n) is 1.57. The van der Waals surface area contributed by atoms with Gasteiger partial charge in [-0.15, -0.1) is 0 Å². The van der Waals surface area contributed by atoms with Gasteiger partial charge in [0.15, 0.2) is 11.5 Å². The van der Waals surface area contributed by atoms with Gasteiger partial charge >= 0.3 is 0 Å². The summed E-state index contributed by atoms with van der Waals surface area (Å²) >= 11 is 3.32. The number of hydrogen-bond donors (Lipinski definition) is 3. The lowest BCUT2D eigenvalue weighted by Gasteiger charge is -2.02. The molecule has 102 valence electrons. The average molecular weight is 334 g/mol. The lowest BCUT2D eigenvalue weighted by atomic mass is 10.2. The summed E-state index contributed by atoms with van der Waals surface area (Å²) in [6.45, 7) is 0. The smallest absolute Gasteiger partial charge is 0.248 e. The van der Waals surface area contributed by atoms with Crippen LogP contribution < -0.4 is 5.32 Å². The zero-order chi connectivity index (χ0) is 14.5. The lowest BCUT2D eigenvalue weighted by Crippen LogP contribution is -2.07. The minimum atomic E-state index is -0.282. The summed E-state index contributed by atoms with van der Waals surface area (Å²) in [6.07, 6.45) is 2.90. The maximum atomic E-state index is 11.7. The fourth-order valence-corrected chi connectivity index (χ4v) is 1.97. The zero-order valence-electron chi connectivity index (χ0n) is 10.4. The summed E-state index contributed by atoms with van der Waals surface area (Å²) in [4.78, 5) is 11.7. The molecule has 3 N–H and O–H groups in total. The molecule has 0 saturated heterocycles. The van der Waals surface area contributed by atoms with E-state index in [-0.39, 0.29) is 17.4 Å². The van der Waals surface area contributed by atoms with Gasteiger partial charge in [0.1, 0.15) is 0 Å². The highest BCUT2D eigenvalue weighted by atomic mass is 79.9. The molecule has 2 aromatic carbocycles.